The number of anilines is 1. The predicted octanol–water partition coefficient (Wildman–Crippen LogP) is 4.28. The first-order chi connectivity index (χ1) is 15.0. The molecule has 0 saturated heterocycles. The molecule has 1 amide bonds. The minimum absolute atomic E-state index is 0.189. The molecule has 0 aliphatic rings. The lowest BCUT2D eigenvalue weighted by molar-refractivity contribution is 0.102. The van der Waals surface area contributed by atoms with Crippen LogP contribution in [-0.2, 0) is 0 Å². The van der Waals surface area contributed by atoms with Crippen molar-refractivity contribution in [1.29, 1.82) is 0 Å². The number of hydrogen-bond donors (Lipinski definition) is 2. The Morgan fingerprint density at radius 3 is 2.35 bits per heavy atom. The van der Waals surface area contributed by atoms with Gasteiger partial charge in [0.15, 0.2) is 11.5 Å². The summed E-state index contributed by atoms with van der Waals surface area (Å²) in [4.78, 5) is 12.7. The minimum atomic E-state index is -0.444. The van der Waals surface area contributed by atoms with Crippen LogP contribution < -0.4 is 24.3 Å². The molecule has 0 atom stereocenters. The summed E-state index contributed by atoms with van der Waals surface area (Å²) in [6.45, 7) is 2.46. The Balaban J connectivity index is 1.86. The molecule has 0 saturated carbocycles. The van der Waals surface area contributed by atoms with Gasteiger partial charge in [-0.2, -0.15) is 5.10 Å². The summed E-state index contributed by atoms with van der Waals surface area (Å²) in [6, 6.07) is 8.94. The maximum Gasteiger partial charge on any atom is 0.273 e. The fraction of sp³-hybridized carbons (Fsp3) is 0.273. The Hall–Kier alpha value is -3.75. The number of H-pyrrole nitrogens is 1. The van der Waals surface area contributed by atoms with Crippen LogP contribution in [0.15, 0.2) is 36.4 Å². The number of aromatic nitrogens is 2. The summed E-state index contributed by atoms with van der Waals surface area (Å²) >= 11 is 0. The molecular formula is C22H24FN3O5. The number of carbonyl (C=O) groups is 1. The van der Waals surface area contributed by atoms with Crippen LogP contribution in [0.2, 0.25) is 0 Å². The zero-order valence-corrected chi connectivity index (χ0v) is 17.7. The number of carbonyl (C=O) groups excluding carboxylic acids is 1. The monoisotopic (exact) mass is 429 g/mol. The van der Waals surface area contributed by atoms with Gasteiger partial charge in [0.05, 0.1) is 33.6 Å². The summed E-state index contributed by atoms with van der Waals surface area (Å²) in [5.74, 6) is 0.842. The maximum atomic E-state index is 13.8. The number of rotatable bonds is 9. The first-order valence-electron chi connectivity index (χ1n) is 9.60. The smallest absolute Gasteiger partial charge is 0.273 e. The molecule has 0 aliphatic carbocycles. The van der Waals surface area contributed by atoms with E-state index in [9.17, 15) is 9.18 Å². The number of nitrogens with zero attached hydrogens (tertiary/aromatic N) is 1. The molecule has 3 aromatic rings. The van der Waals surface area contributed by atoms with E-state index in [0.717, 1.165) is 6.42 Å². The number of aromatic amines is 1. The van der Waals surface area contributed by atoms with Crippen LogP contribution in [0, 0.1) is 5.82 Å². The van der Waals surface area contributed by atoms with Crippen molar-refractivity contribution in [3.8, 4) is 34.3 Å². The molecule has 0 unspecified atom stereocenters. The van der Waals surface area contributed by atoms with E-state index in [1.165, 1.54) is 39.5 Å². The van der Waals surface area contributed by atoms with Gasteiger partial charge >= 0.3 is 0 Å². The fourth-order valence-electron chi connectivity index (χ4n) is 2.97. The summed E-state index contributed by atoms with van der Waals surface area (Å²) < 4.78 is 35.4. The van der Waals surface area contributed by atoms with E-state index in [2.05, 4.69) is 15.5 Å². The van der Waals surface area contributed by atoms with Crippen LogP contribution in [0.4, 0.5) is 10.1 Å². The van der Waals surface area contributed by atoms with Crippen LogP contribution in [0.3, 0.4) is 0 Å². The first-order valence-corrected chi connectivity index (χ1v) is 9.60. The summed E-state index contributed by atoms with van der Waals surface area (Å²) in [5, 5.41) is 9.58. The van der Waals surface area contributed by atoms with Gasteiger partial charge in [-0.25, -0.2) is 4.39 Å². The van der Waals surface area contributed by atoms with Crippen molar-refractivity contribution in [2.75, 3.05) is 33.3 Å². The number of ether oxygens (including phenoxy) is 4. The Bertz CT molecular complexity index is 1040. The van der Waals surface area contributed by atoms with E-state index in [0.29, 0.717) is 46.5 Å². The van der Waals surface area contributed by atoms with Crippen LogP contribution >= 0.6 is 0 Å². The highest BCUT2D eigenvalue weighted by Crippen LogP contribution is 2.40. The van der Waals surface area contributed by atoms with Gasteiger partial charge in [-0.1, -0.05) is 6.92 Å². The van der Waals surface area contributed by atoms with E-state index in [-0.39, 0.29) is 5.69 Å². The van der Waals surface area contributed by atoms with Crippen molar-refractivity contribution in [3.63, 3.8) is 0 Å². The molecule has 0 spiro atoms. The van der Waals surface area contributed by atoms with E-state index in [4.69, 9.17) is 18.9 Å². The molecule has 2 aromatic carbocycles. The summed E-state index contributed by atoms with van der Waals surface area (Å²) in [6.07, 6.45) is 0.805. The third kappa shape index (κ3) is 4.88. The Morgan fingerprint density at radius 2 is 1.74 bits per heavy atom. The standard InChI is InChI=1S/C22H24FN3O5/c1-5-8-31-18-7-6-13(23)9-15(18)16-12-17(26-25-16)22(27)24-14-10-19(28-2)21(30-4)20(11-14)29-3/h6-7,9-12H,5,8H2,1-4H3,(H,24,27)(H,25,26). The number of methoxy groups -OCH3 is 3. The lowest BCUT2D eigenvalue weighted by Gasteiger charge is -2.14. The third-order valence-corrected chi connectivity index (χ3v) is 4.42. The first kappa shape index (κ1) is 21.9. The number of benzene rings is 2. The zero-order chi connectivity index (χ0) is 22.4. The van der Waals surface area contributed by atoms with Crippen molar-refractivity contribution in [3.05, 3.63) is 47.9 Å². The average molecular weight is 429 g/mol. The normalized spacial score (nSPS) is 10.5. The predicted molar refractivity (Wildman–Crippen MR) is 114 cm³/mol. The minimum Gasteiger partial charge on any atom is -0.493 e. The van der Waals surface area contributed by atoms with Gasteiger partial charge in [-0.15, -0.1) is 0 Å². The fourth-order valence-corrected chi connectivity index (χ4v) is 2.97. The highest BCUT2D eigenvalue weighted by atomic mass is 19.1. The molecule has 8 nitrogen and oxygen atoms in total. The summed E-state index contributed by atoms with van der Waals surface area (Å²) in [7, 11) is 4.47. The molecule has 0 fully saturated rings. The largest absolute Gasteiger partial charge is 0.493 e. The van der Waals surface area contributed by atoms with Crippen LogP contribution in [0.5, 0.6) is 23.0 Å². The second kappa shape index (κ2) is 9.84. The van der Waals surface area contributed by atoms with E-state index in [1.54, 1.807) is 18.2 Å². The van der Waals surface area contributed by atoms with Gasteiger partial charge in [0.25, 0.3) is 5.91 Å². The molecule has 1 heterocycles. The molecule has 2 N–H and O–H groups in total. The van der Waals surface area contributed by atoms with Crippen molar-refractivity contribution >= 4 is 11.6 Å². The van der Waals surface area contributed by atoms with Gasteiger partial charge in [0.1, 0.15) is 17.3 Å². The van der Waals surface area contributed by atoms with Crippen molar-refractivity contribution in [2.45, 2.75) is 13.3 Å². The lowest BCUT2D eigenvalue weighted by atomic mass is 10.1. The molecule has 1 aromatic heterocycles. The number of amides is 1. The molecule has 31 heavy (non-hydrogen) atoms. The molecule has 3 rings (SSSR count). The van der Waals surface area contributed by atoms with Crippen LogP contribution in [0.1, 0.15) is 23.8 Å². The van der Waals surface area contributed by atoms with Crippen LogP contribution in [-0.4, -0.2) is 44.0 Å². The third-order valence-electron chi connectivity index (χ3n) is 4.42. The van der Waals surface area contributed by atoms with Gasteiger partial charge in [-0.3, -0.25) is 9.89 Å². The highest BCUT2D eigenvalue weighted by Gasteiger charge is 2.18. The Morgan fingerprint density at radius 1 is 1.03 bits per heavy atom. The Kier molecular flexibility index (Phi) is 6.96. The van der Waals surface area contributed by atoms with Crippen molar-refractivity contribution in [1.82, 2.24) is 10.2 Å². The van der Waals surface area contributed by atoms with E-state index >= 15 is 0 Å². The summed E-state index contributed by atoms with van der Waals surface area (Å²) in [5.41, 5.74) is 1.47. The van der Waals surface area contributed by atoms with E-state index < -0.39 is 11.7 Å². The number of halogens is 1. The van der Waals surface area contributed by atoms with Crippen LogP contribution in [0.25, 0.3) is 11.3 Å². The topological polar surface area (TPSA) is 94.7 Å². The molecule has 0 bridgehead atoms. The molecule has 0 radical (unpaired) electrons. The lowest BCUT2D eigenvalue weighted by Crippen LogP contribution is -2.12. The van der Waals surface area contributed by atoms with E-state index in [1.807, 2.05) is 6.92 Å². The second-order valence-corrected chi connectivity index (χ2v) is 6.52. The van der Waals surface area contributed by atoms with Crippen molar-refractivity contribution in [2.24, 2.45) is 0 Å². The maximum absolute atomic E-state index is 13.8. The quantitative estimate of drug-likeness (QED) is 0.527. The van der Waals surface area contributed by atoms with Gasteiger partial charge < -0.3 is 24.3 Å². The molecule has 164 valence electrons. The SMILES string of the molecule is CCCOc1ccc(F)cc1-c1cc(C(=O)Nc2cc(OC)c(OC)c(OC)c2)[nH]n1. The number of nitrogens with one attached hydrogen (secondary N) is 2. The highest BCUT2D eigenvalue weighted by molar-refractivity contribution is 6.03. The molecule has 9 heteroatoms. The number of hydrogen-bond acceptors (Lipinski definition) is 6. The average Bonchev–Trinajstić information content (AvgIpc) is 3.27. The Labute approximate surface area is 179 Å². The second-order valence-electron chi connectivity index (χ2n) is 6.52. The van der Waals surface area contributed by atoms with Gasteiger partial charge in [0.2, 0.25) is 5.75 Å². The van der Waals surface area contributed by atoms with Crippen molar-refractivity contribution < 1.29 is 28.1 Å². The molecule has 0 aliphatic heterocycles. The van der Waals surface area contributed by atoms with Gasteiger partial charge in [-0.05, 0) is 30.7 Å². The van der Waals surface area contributed by atoms with Gasteiger partial charge in [0, 0.05) is 23.4 Å². The zero-order valence-electron chi connectivity index (χ0n) is 17.7. The molecular weight excluding hydrogens is 405 g/mol.